The van der Waals surface area contributed by atoms with Gasteiger partial charge < -0.3 is 0 Å². The number of nitrogens with one attached hydrogen (secondary N) is 1. The molecule has 1 N–H and O–H groups in total. The van der Waals surface area contributed by atoms with E-state index < -0.39 is 0 Å². The van der Waals surface area contributed by atoms with Crippen molar-refractivity contribution in [1.82, 2.24) is 0 Å². The van der Waals surface area contributed by atoms with E-state index >= 15 is 0 Å². The Hall–Kier alpha value is -1.38. The summed E-state index contributed by atoms with van der Waals surface area (Å²) in [6, 6.07) is 7.37. The van der Waals surface area contributed by atoms with Crippen LogP contribution < -0.4 is 5.43 Å². The molecule has 0 spiro atoms. The van der Waals surface area contributed by atoms with E-state index in [2.05, 4.69) is 5.43 Å². The van der Waals surface area contributed by atoms with Gasteiger partial charge in [0.2, 0.25) is 0 Å². The van der Waals surface area contributed by atoms with Crippen molar-refractivity contribution in [3.8, 4) is 0 Å². The van der Waals surface area contributed by atoms with Crippen LogP contribution in [0.4, 0.5) is 11.4 Å². The van der Waals surface area contributed by atoms with Crippen molar-refractivity contribution in [3.63, 3.8) is 0 Å². The Morgan fingerprint density at radius 1 is 1.33 bits per heavy atom. The van der Waals surface area contributed by atoms with Crippen molar-refractivity contribution in [1.29, 1.82) is 0 Å². The molecule has 0 unspecified atom stereocenters. The van der Waals surface area contributed by atoms with Gasteiger partial charge in [0.1, 0.15) is 0 Å². The number of hydrogen-bond donors (Lipinski definition) is 1. The standard InChI is InChI=1S/C6H5N2O/c9-8-6-4-2-1-3-5(6)7-8/h1-4H,(H,7,9)/q+1. The highest BCUT2D eigenvalue weighted by molar-refractivity contribution is 5.64. The van der Waals surface area contributed by atoms with E-state index in [1.54, 1.807) is 6.07 Å². The lowest BCUT2D eigenvalue weighted by molar-refractivity contribution is -0.450. The molecule has 0 aromatic heterocycles. The SMILES string of the molecule is O=[N+]1Nc2ccccc21. The second-order valence-corrected chi connectivity index (χ2v) is 1.92. The highest BCUT2D eigenvalue weighted by Gasteiger charge is 2.31. The zero-order valence-corrected chi connectivity index (χ0v) is 4.66. The van der Waals surface area contributed by atoms with E-state index in [0.29, 0.717) is 0 Å². The highest BCUT2D eigenvalue weighted by Crippen LogP contribution is 2.31. The number of rotatable bonds is 0. The van der Waals surface area contributed by atoms with Crippen LogP contribution >= 0.6 is 0 Å². The molecule has 3 heteroatoms. The van der Waals surface area contributed by atoms with Gasteiger partial charge in [-0.2, -0.15) is 0 Å². The number of fused-ring (bicyclic) bond motifs is 1. The smallest absolute Gasteiger partial charge is 0.107 e. The van der Waals surface area contributed by atoms with Gasteiger partial charge in [0, 0.05) is 6.07 Å². The lowest BCUT2D eigenvalue weighted by Crippen LogP contribution is -2.20. The summed E-state index contributed by atoms with van der Waals surface area (Å²) in [6.07, 6.45) is 0. The fourth-order valence-corrected chi connectivity index (χ4v) is 0.862. The quantitative estimate of drug-likeness (QED) is 0.526. The van der Waals surface area contributed by atoms with E-state index in [0.717, 1.165) is 16.2 Å². The number of hydrazine groups is 1. The van der Waals surface area contributed by atoms with Crippen LogP contribution in [0.2, 0.25) is 0 Å². The maximum Gasteiger partial charge on any atom is 0.321 e. The average Bonchev–Trinajstić information content (AvgIpc) is 1.86. The van der Waals surface area contributed by atoms with Crippen molar-refractivity contribution in [3.05, 3.63) is 29.2 Å². The number of anilines is 1. The molecule has 0 aliphatic carbocycles. The normalized spacial score (nSPS) is 13.6. The van der Waals surface area contributed by atoms with E-state index in [9.17, 15) is 4.91 Å². The van der Waals surface area contributed by atoms with Gasteiger partial charge in [0.15, 0.2) is 10.6 Å². The van der Waals surface area contributed by atoms with E-state index in [-0.39, 0.29) is 0 Å². The summed E-state index contributed by atoms with van der Waals surface area (Å²) in [5.74, 6) is 0. The third-order valence-electron chi connectivity index (χ3n) is 1.34. The van der Waals surface area contributed by atoms with Crippen molar-refractivity contribution in [2.24, 2.45) is 0 Å². The van der Waals surface area contributed by atoms with E-state index in [4.69, 9.17) is 0 Å². The lowest BCUT2D eigenvalue weighted by Gasteiger charge is -2.05. The van der Waals surface area contributed by atoms with Gasteiger partial charge in [0.05, 0.1) is 4.91 Å². The largest absolute Gasteiger partial charge is 0.321 e. The lowest BCUT2D eigenvalue weighted by atomic mass is 10.2. The fourth-order valence-electron chi connectivity index (χ4n) is 0.862. The van der Waals surface area contributed by atoms with Crippen LogP contribution in [0.5, 0.6) is 0 Å². The van der Waals surface area contributed by atoms with Crippen LogP contribution in [-0.2, 0) is 0 Å². The Morgan fingerprint density at radius 2 is 2.11 bits per heavy atom. The Morgan fingerprint density at radius 3 is 2.67 bits per heavy atom. The van der Waals surface area contributed by atoms with Gasteiger partial charge in [-0.3, -0.25) is 0 Å². The molecular formula is C6H5N2O+. The minimum Gasteiger partial charge on any atom is -0.107 e. The summed E-state index contributed by atoms with van der Waals surface area (Å²) in [7, 11) is 0. The van der Waals surface area contributed by atoms with Gasteiger partial charge in [-0.1, -0.05) is 12.1 Å². The molecule has 0 saturated heterocycles. The van der Waals surface area contributed by atoms with Gasteiger partial charge in [0.25, 0.3) is 0 Å². The van der Waals surface area contributed by atoms with E-state index in [1.165, 1.54) is 0 Å². The Balaban J connectivity index is 2.63. The monoisotopic (exact) mass is 121 g/mol. The summed E-state index contributed by atoms with van der Waals surface area (Å²) in [6.45, 7) is 0. The van der Waals surface area contributed by atoms with Gasteiger partial charge >= 0.3 is 5.69 Å². The van der Waals surface area contributed by atoms with Crippen molar-refractivity contribution in [2.75, 3.05) is 5.43 Å². The van der Waals surface area contributed by atoms with Gasteiger partial charge in [-0.25, -0.2) is 0 Å². The molecule has 3 nitrogen and oxygen atoms in total. The summed E-state index contributed by atoms with van der Waals surface area (Å²) in [4.78, 5) is 11.3. The van der Waals surface area contributed by atoms with E-state index in [1.807, 2.05) is 18.2 Å². The minimum atomic E-state index is 0.720. The Labute approximate surface area is 51.9 Å². The summed E-state index contributed by atoms with van der Waals surface area (Å²) >= 11 is 0. The molecule has 2 rings (SSSR count). The van der Waals surface area contributed by atoms with Gasteiger partial charge in [-0.15, -0.1) is 5.43 Å². The van der Waals surface area contributed by atoms with Crippen LogP contribution in [0.1, 0.15) is 0 Å². The van der Waals surface area contributed by atoms with Crippen LogP contribution in [-0.4, -0.2) is 4.87 Å². The molecule has 0 atom stereocenters. The van der Waals surface area contributed by atoms with Crippen LogP contribution in [0.3, 0.4) is 0 Å². The van der Waals surface area contributed by atoms with Crippen molar-refractivity contribution < 1.29 is 4.87 Å². The zero-order chi connectivity index (χ0) is 6.27. The number of nitroso groups, excluding NO2 is 1. The highest BCUT2D eigenvalue weighted by atomic mass is 16.3. The average molecular weight is 121 g/mol. The van der Waals surface area contributed by atoms with Gasteiger partial charge in [-0.05, 0) is 6.07 Å². The number of benzene rings is 1. The third-order valence-corrected chi connectivity index (χ3v) is 1.34. The predicted molar refractivity (Wildman–Crippen MR) is 33.4 cm³/mol. The first-order valence-corrected chi connectivity index (χ1v) is 2.71. The summed E-state index contributed by atoms with van der Waals surface area (Å²) < 4.78 is 0. The maximum atomic E-state index is 10.5. The number of nitrogens with zero attached hydrogens (tertiary/aromatic N) is 1. The topological polar surface area (TPSA) is 32.1 Å². The zero-order valence-electron chi connectivity index (χ0n) is 4.66. The Bertz CT molecular complexity index is 270. The second kappa shape index (κ2) is 1.31. The van der Waals surface area contributed by atoms with Crippen LogP contribution in [0.15, 0.2) is 24.3 Å². The molecule has 1 aromatic carbocycles. The summed E-state index contributed by atoms with van der Waals surface area (Å²) in [5, 5.41) is 0. The second-order valence-electron chi connectivity index (χ2n) is 1.92. The molecule has 44 valence electrons. The molecule has 1 heterocycles. The molecule has 0 fully saturated rings. The maximum absolute atomic E-state index is 10.5. The molecular weight excluding hydrogens is 116 g/mol. The molecule has 1 aliphatic heterocycles. The molecule has 0 saturated carbocycles. The minimum absolute atomic E-state index is 0.720. The number of hydrogen-bond acceptors (Lipinski definition) is 1. The molecule has 0 radical (unpaired) electrons. The van der Waals surface area contributed by atoms with Crippen molar-refractivity contribution in [2.45, 2.75) is 0 Å². The van der Waals surface area contributed by atoms with Crippen LogP contribution in [0, 0.1) is 4.91 Å². The number of para-hydroxylation sites is 2. The molecule has 9 heavy (non-hydrogen) atoms. The molecule has 1 aliphatic rings. The molecule has 1 aromatic rings. The third kappa shape index (κ3) is 0.455. The first-order chi connectivity index (χ1) is 4.38. The Kier molecular flexibility index (Phi) is 0.656. The molecule has 0 bridgehead atoms. The van der Waals surface area contributed by atoms with Crippen LogP contribution in [0.25, 0.3) is 0 Å². The predicted octanol–water partition coefficient (Wildman–Crippen LogP) is 1.44. The van der Waals surface area contributed by atoms with Crippen molar-refractivity contribution >= 4 is 11.4 Å². The summed E-state index contributed by atoms with van der Waals surface area (Å²) in [5.41, 5.74) is 4.19. The fraction of sp³-hybridized carbons (Fsp3) is 0. The first-order valence-electron chi connectivity index (χ1n) is 2.71. The first kappa shape index (κ1) is 4.49. The molecule has 0 amide bonds.